The maximum Gasteiger partial charge on any atom is 0.248 e. The van der Waals surface area contributed by atoms with Gasteiger partial charge < -0.3 is 10.7 Å². The van der Waals surface area contributed by atoms with Crippen molar-refractivity contribution >= 4 is 16.7 Å². The Bertz CT molecular complexity index is 836. The zero-order valence-corrected chi connectivity index (χ0v) is 11.2. The maximum absolute atomic E-state index is 11.6. The first-order chi connectivity index (χ1) is 9.69. The summed E-state index contributed by atoms with van der Waals surface area (Å²) >= 11 is 0. The fourth-order valence-corrected chi connectivity index (χ4v) is 2.44. The Labute approximate surface area is 116 Å². The van der Waals surface area contributed by atoms with Gasteiger partial charge in [0, 0.05) is 17.2 Å². The third kappa shape index (κ3) is 2.05. The molecule has 0 radical (unpaired) electrons. The minimum Gasteiger partial charge on any atom is -0.384 e. The summed E-state index contributed by atoms with van der Waals surface area (Å²) in [6.07, 6.45) is 0.786. The molecule has 3 aromatic rings. The number of pyridine rings is 2. The number of anilines is 1. The molecule has 0 spiro atoms. The summed E-state index contributed by atoms with van der Waals surface area (Å²) in [7, 11) is 0. The quantitative estimate of drug-likeness (QED) is 0.748. The molecule has 2 aromatic heterocycles. The molecule has 3 rings (SSSR count). The number of aryl methyl sites for hydroxylation is 1. The van der Waals surface area contributed by atoms with Crippen molar-refractivity contribution in [3.8, 4) is 11.1 Å². The average molecular weight is 265 g/mol. The van der Waals surface area contributed by atoms with Crippen LogP contribution < -0.4 is 11.3 Å². The van der Waals surface area contributed by atoms with Crippen LogP contribution in [0.15, 0.2) is 47.3 Å². The second kappa shape index (κ2) is 4.81. The predicted octanol–water partition coefficient (Wildman–Crippen LogP) is 2.73. The summed E-state index contributed by atoms with van der Waals surface area (Å²) in [6.45, 7) is 2.04. The molecule has 0 atom stereocenters. The molecule has 0 amide bonds. The highest BCUT2D eigenvalue weighted by atomic mass is 16.1. The van der Waals surface area contributed by atoms with Crippen LogP contribution in [0.2, 0.25) is 0 Å². The molecule has 0 bridgehead atoms. The summed E-state index contributed by atoms with van der Waals surface area (Å²) in [5.41, 5.74) is 9.40. The molecule has 100 valence electrons. The van der Waals surface area contributed by atoms with Gasteiger partial charge in [-0.3, -0.25) is 4.79 Å². The van der Waals surface area contributed by atoms with Crippen LogP contribution in [0.1, 0.15) is 12.6 Å². The van der Waals surface area contributed by atoms with Crippen LogP contribution >= 0.6 is 0 Å². The highest BCUT2D eigenvalue weighted by Gasteiger charge is 2.09. The second-order valence-corrected chi connectivity index (χ2v) is 4.68. The van der Waals surface area contributed by atoms with E-state index in [0.717, 1.165) is 34.1 Å². The van der Waals surface area contributed by atoms with Crippen LogP contribution in [-0.4, -0.2) is 9.97 Å². The van der Waals surface area contributed by atoms with Gasteiger partial charge in [-0.25, -0.2) is 4.98 Å². The monoisotopic (exact) mass is 265 g/mol. The van der Waals surface area contributed by atoms with Crippen LogP contribution in [0, 0.1) is 0 Å². The van der Waals surface area contributed by atoms with E-state index in [1.165, 1.54) is 6.07 Å². The Hall–Kier alpha value is -2.62. The van der Waals surface area contributed by atoms with Crippen LogP contribution in [0.5, 0.6) is 0 Å². The molecular formula is C16H15N3O. The number of fused-ring (bicyclic) bond motifs is 1. The van der Waals surface area contributed by atoms with Crippen LogP contribution in [0.25, 0.3) is 22.0 Å². The lowest BCUT2D eigenvalue weighted by molar-refractivity contribution is 1.04. The molecule has 0 aliphatic carbocycles. The predicted molar refractivity (Wildman–Crippen MR) is 81.6 cm³/mol. The number of hydrogen-bond acceptors (Lipinski definition) is 3. The minimum absolute atomic E-state index is 0.105. The molecule has 0 saturated carbocycles. The van der Waals surface area contributed by atoms with Crippen molar-refractivity contribution in [2.24, 2.45) is 0 Å². The largest absolute Gasteiger partial charge is 0.384 e. The number of rotatable bonds is 2. The number of nitrogens with zero attached hydrogens (tertiary/aromatic N) is 1. The Morgan fingerprint density at radius 1 is 1.10 bits per heavy atom. The highest BCUT2D eigenvalue weighted by molar-refractivity contribution is 5.94. The first-order valence-electron chi connectivity index (χ1n) is 6.57. The highest BCUT2D eigenvalue weighted by Crippen LogP contribution is 2.29. The number of aromatic nitrogens is 2. The lowest BCUT2D eigenvalue weighted by Crippen LogP contribution is -2.04. The smallest absolute Gasteiger partial charge is 0.248 e. The van der Waals surface area contributed by atoms with Gasteiger partial charge in [-0.2, -0.15) is 0 Å². The Morgan fingerprint density at radius 3 is 2.75 bits per heavy atom. The van der Waals surface area contributed by atoms with Crippen LogP contribution in [0.3, 0.4) is 0 Å². The number of nitrogen functional groups attached to an aromatic ring is 1. The number of benzene rings is 1. The molecule has 4 nitrogen and oxygen atoms in total. The SMILES string of the molecule is CCc1nc(N)ccc1-c1cccc2ccc(=O)[nH]c12. The van der Waals surface area contributed by atoms with E-state index in [0.29, 0.717) is 5.82 Å². The van der Waals surface area contributed by atoms with E-state index in [1.807, 2.05) is 37.3 Å². The van der Waals surface area contributed by atoms with Gasteiger partial charge in [0.15, 0.2) is 0 Å². The van der Waals surface area contributed by atoms with E-state index < -0.39 is 0 Å². The lowest BCUT2D eigenvalue weighted by Gasteiger charge is -2.10. The molecule has 1 aromatic carbocycles. The third-order valence-electron chi connectivity index (χ3n) is 3.38. The molecule has 2 heterocycles. The second-order valence-electron chi connectivity index (χ2n) is 4.68. The van der Waals surface area contributed by atoms with E-state index in [9.17, 15) is 4.79 Å². The molecule has 0 saturated heterocycles. The van der Waals surface area contributed by atoms with Crippen LogP contribution in [-0.2, 0) is 6.42 Å². The molecule has 20 heavy (non-hydrogen) atoms. The molecule has 3 N–H and O–H groups in total. The number of hydrogen-bond donors (Lipinski definition) is 2. The van der Waals surface area contributed by atoms with Gasteiger partial charge in [-0.15, -0.1) is 0 Å². The van der Waals surface area contributed by atoms with Crippen molar-refractivity contribution in [3.63, 3.8) is 0 Å². The lowest BCUT2D eigenvalue weighted by atomic mass is 9.99. The fourth-order valence-electron chi connectivity index (χ4n) is 2.44. The summed E-state index contributed by atoms with van der Waals surface area (Å²) in [4.78, 5) is 18.9. The fraction of sp³-hybridized carbons (Fsp3) is 0.125. The average Bonchev–Trinajstić information content (AvgIpc) is 2.46. The van der Waals surface area contributed by atoms with Gasteiger partial charge in [-0.05, 0) is 30.0 Å². The topological polar surface area (TPSA) is 71.8 Å². The van der Waals surface area contributed by atoms with Gasteiger partial charge >= 0.3 is 0 Å². The van der Waals surface area contributed by atoms with E-state index in [2.05, 4.69) is 9.97 Å². The van der Waals surface area contributed by atoms with Crippen molar-refractivity contribution in [1.82, 2.24) is 9.97 Å². The number of para-hydroxylation sites is 1. The molecule has 0 fully saturated rings. The molecule has 0 unspecified atom stereocenters. The number of nitrogens with two attached hydrogens (primary N) is 1. The van der Waals surface area contributed by atoms with E-state index in [1.54, 1.807) is 6.07 Å². The van der Waals surface area contributed by atoms with E-state index in [4.69, 9.17) is 5.73 Å². The summed E-state index contributed by atoms with van der Waals surface area (Å²) in [5.74, 6) is 0.513. The van der Waals surface area contributed by atoms with Gasteiger partial charge in [0.1, 0.15) is 5.82 Å². The summed E-state index contributed by atoms with van der Waals surface area (Å²) in [5, 5.41) is 1.00. The van der Waals surface area contributed by atoms with Gasteiger partial charge in [0.05, 0.1) is 11.2 Å². The van der Waals surface area contributed by atoms with Crippen molar-refractivity contribution in [1.29, 1.82) is 0 Å². The number of H-pyrrole nitrogens is 1. The first-order valence-corrected chi connectivity index (χ1v) is 6.57. The third-order valence-corrected chi connectivity index (χ3v) is 3.38. The van der Waals surface area contributed by atoms with Crippen molar-refractivity contribution in [2.75, 3.05) is 5.73 Å². The zero-order valence-electron chi connectivity index (χ0n) is 11.2. The molecular weight excluding hydrogens is 250 g/mol. The summed E-state index contributed by atoms with van der Waals surface area (Å²) < 4.78 is 0. The standard InChI is InChI=1S/C16H15N3O/c1-2-13-11(7-8-14(17)18-13)12-5-3-4-10-6-9-15(20)19-16(10)12/h3-9H,2H2,1H3,(H2,17,18)(H,19,20). The number of nitrogens with one attached hydrogen (secondary N) is 1. The molecule has 0 aliphatic rings. The van der Waals surface area contributed by atoms with Crippen molar-refractivity contribution in [3.05, 3.63) is 58.5 Å². The Balaban J connectivity index is 2.35. The maximum atomic E-state index is 11.6. The van der Waals surface area contributed by atoms with E-state index >= 15 is 0 Å². The first kappa shape index (κ1) is 12.4. The Morgan fingerprint density at radius 2 is 1.95 bits per heavy atom. The van der Waals surface area contributed by atoms with Crippen molar-refractivity contribution < 1.29 is 0 Å². The van der Waals surface area contributed by atoms with E-state index in [-0.39, 0.29) is 5.56 Å². The Kier molecular flexibility index (Phi) is 2.99. The van der Waals surface area contributed by atoms with Crippen LogP contribution in [0.4, 0.5) is 5.82 Å². The number of aromatic amines is 1. The zero-order chi connectivity index (χ0) is 14.1. The van der Waals surface area contributed by atoms with Crippen molar-refractivity contribution in [2.45, 2.75) is 13.3 Å². The van der Waals surface area contributed by atoms with Gasteiger partial charge in [-0.1, -0.05) is 25.1 Å². The molecule has 0 aliphatic heterocycles. The normalized spacial score (nSPS) is 10.8. The van der Waals surface area contributed by atoms with Gasteiger partial charge in [0.2, 0.25) is 5.56 Å². The van der Waals surface area contributed by atoms with Gasteiger partial charge in [0.25, 0.3) is 0 Å². The molecule has 4 heteroatoms. The minimum atomic E-state index is -0.105. The summed E-state index contributed by atoms with van der Waals surface area (Å²) in [6, 6.07) is 13.1.